The minimum Gasteiger partial charge on any atom is -0.389 e. The number of carbonyl (C=O) groups is 1. The van der Waals surface area contributed by atoms with Crippen molar-refractivity contribution in [3.8, 4) is 0 Å². The van der Waals surface area contributed by atoms with E-state index in [4.69, 9.17) is 15.3 Å². The van der Waals surface area contributed by atoms with Gasteiger partial charge in [0.1, 0.15) is 12.7 Å². The monoisotopic (exact) mass is 194 g/mol. The summed E-state index contributed by atoms with van der Waals surface area (Å²) in [6.07, 6.45) is -2.52. The Bertz CT molecular complexity index is 139. The summed E-state index contributed by atoms with van der Waals surface area (Å²) in [4.78, 5) is 10.6. The van der Waals surface area contributed by atoms with Crippen LogP contribution in [0.25, 0.3) is 0 Å². The molecule has 0 aromatic heterocycles. The molecule has 0 fully saturated rings. The third-order valence-corrected chi connectivity index (χ3v) is 2.33. The maximum absolute atomic E-state index is 10.6. The van der Waals surface area contributed by atoms with Gasteiger partial charge in [-0.05, 0) is 5.75 Å². The van der Waals surface area contributed by atoms with Crippen LogP contribution in [0.1, 0.15) is 6.92 Å². The molecule has 0 rings (SSSR count). The zero-order valence-electron chi connectivity index (χ0n) is 6.93. The SMILES string of the molecule is CCSC[C@@H](O)[C@H](O)C(=O)CO. The van der Waals surface area contributed by atoms with Gasteiger partial charge >= 0.3 is 0 Å². The summed E-state index contributed by atoms with van der Waals surface area (Å²) in [6.45, 7) is 1.19. The van der Waals surface area contributed by atoms with Crippen molar-refractivity contribution in [2.24, 2.45) is 0 Å². The summed E-state index contributed by atoms with van der Waals surface area (Å²) in [7, 11) is 0. The van der Waals surface area contributed by atoms with Crippen molar-refractivity contribution in [3.05, 3.63) is 0 Å². The quantitative estimate of drug-likeness (QED) is 0.507. The molecule has 4 nitrogen and oxygen atoms in total. The molecule has 0 aliphatic rings. The van der Waals surface area contributed by atoms with Gasteiger partial charge in [0.05, 0.1) is 6.10 Å². The largest absolute Gasteiger partial charge is 0.389 e. The molecule has 0 bridgehead atoms. The number of carbonyl (C=O) groups excluding carboxylic acids is 1. The van der Waals surface area contributed by atoms with Crippen LogP contribution < -0.4 is 0 Å². The molecule has 0 aliphatic carbocycles. The maximum atomic E-state index is 10.6. The van der Waals surface area contributed by atoms with Gasteiger partial charge in [-0.2, -0.15) is 11.8 Å². The number of thioether (sulfide) groups is 1. The predicted octanol–water partition coefficient (Wildman–Crippen LogP) is -0.977. The van der Waals surface area contributed by atoms with Gasteiger partial charge in [-0.1, -0.05) is 6.92 Å². The number of hydrogen-bond acceptors (Lipinski definition) is 5. The Morgan fingerprint density at radius 1 is 1.50 bits per heavy atom. The molecule has 2 atom stereocenters. The Balaban J connectivity index is 3.75. The fourth-order valence-electron chi connectivity index (χ4n) is 0.638. The second-order valence-electron chi connectivity index (χ2n) is 2.30. The second kappa shape index (κ2) is 6.42. The molecule has 72 valence electrons. The van der Waals surface area contributed by atoms with Crippen molar-refractivity contribution >= 4 is 17.5 Å². The van der Waals surface area contributed by atoms with E-state index in [1.807, 2.05) is 6.92 Å². The first-order valence-electron chi connectivity index (χ1n) is 3.71. The van der Waals surface area contributed by atoms with Crippen molar-refractivity contribution in [1.29, 1.82) is 0 Å². The first-order valence-corrected chi connectivity index (χ1v) is 4.86. The highest BCUT2D eigenvalue weighted by molar-refractivity contribution is 7.99. The lowest BCUT2D eigenvalue weighted by Gasteiger charge is -2.14. The van der Waals surface area contributed by atoms with E-state index < -0.39 is 24.6 Å². The summed E-state index contributed by atoms with van der Waals surface area (Å²) in [5, 5.41) is 26.5. The maximum Gasteiger partial charge on any atom is 0.189 e. The number of hydrogen-bond donors (Lipinski definition) is 3. The lowest BCUT2D eigenvalue weighted by Crippen LogP contribution is -2.37. The van der Waals surface area contributed by atoms with Crippen molar-refractivity contribution in [1.82, 2.24) is 0 Å². The van der Waals surface area contributed by atoms with Crippen molar-refractivity contribution < 1.29 is 20.1 Å². The van der Waals surface area contributed by atoms with Crippen LogP contribution in [-0.4, -0.2) is 51.4 Å². The normalized spacial score (nSPS) is 15.7. The van der Waals surface area contributed by atoms with Crippen LogP contribution >= 0.6 is 11.8 Å². The molecule has 3 N–H and O–H groups in total. The fourth-order valence-corrected chi connectivity index (χ4v) is 1.30. The zero-order chi connectivity index (χ0) is 9.56. The Morgan fingerprint density at radius 3 is 2.50 bits per heavy atom. The number of ketones is 1. The molecule has 0 radical (unpaired) electrons. The zero-order valence-corrected chi connectivity index (χ0v) is 7.75. The van der Waals surface area contributed by atoms with Crippen LogP contribution in [0.5, 0.6) is 0 Å². The van der Waals surface area contributed by atoms with Crippen LogP contribution in [0.2, 0.25) is 0 Å². The predicted molar refractivity (Wildman–Crippen MR) is 47.1 cm³/mol. The fraction of sp³-hybridized carbons (Fsp3) is 0.857. The minimum atomic E-state index is -1.45. The van der Waals surface area contributed by atoms with Crippen LogP contribution in [0.15, 0.2) is 0 Å². The third kappa shape index (κ3) is 4.06. The standard InChI is InChI=1S/C7H14O4S/c1-2-12-4-6(10)7(11)5(9)3-8/h6-8,10-11H,2-4H2,1H3/t6-,7-/m1/s1. The third-order valence-electron chi connectivity index (χ3n) is 1.34. The van der Waals surface area contributed by atoms with Crippen molar-refractivity contribution in [2.75, 3.05) is 18.1 Å². The first kappa shape index (κ1) is 11.9. The van der Waals surface area contributed by atoms with E-state index in [-0.39, 0.29) is 0 Å². The summed E-state index contributed by atoms with van der Waals surface area (Å²) < 4.78 is 0. The summed E-state index contributed by atoms with van der Waals surface area (Å²) >= 11 is 1.43. The molecule has 0 spiro atoms. The molecule has 0 aliphatic heterocycles. The summed E-state index contributed by atoms with van der Waals surface area (Å²) in [5.74, 6) is 0.389. The smallest absolute Gasteiger partial charge is 0.189 e. The molecule has 0 aromatic rings. The molecular weight excluding hydrogens is 180 g/mol. The molecule has 0 heterocycles. The molecule has 5 heteroatoms. The first-order chi connectivity index (χ1) is 5.63. The number of aliphatic hydroxyl groups is 3. The van der Waals surface area contributed by atoms with E-state index in [2.05, 4.69) is 0 Å². The van der Waals surface area contributed by atoms with Crippen molar-refractivity contribution in [3.63, 3.8) is 0 Å². The van der Waals surface area contributed by atoms with Gasteiger partial charge in [0, 0.05) is 5.75 Å². The Morgan fingerprint density at radius 2 is 2.08 bits per heavy atom. The highest BCUT2D eigenvalue weighted by Crippen LogP contribution is 2.05. The lowest BCUT2D eigenvalue weighted by molar-refractivity contribution is -0.134. The topological polar surface area (TPSA) is 77.8 Å². The number of rotatable bonds is 6. The number of Topliss-reactive ketones (excluding diaryl/α,β-unsaturated/α-hetero) is 1. The van der Waals surface area contributed by atoms with Gasteiger partial charge in [0.25, 0.3) is 0 Å². The van der Waals surface area contributed by atoms with Gasteiger partial charge in [-0.15, -0.1) is 0 Å². The van der Waals surface area contributed by atoms with Crippen LogP contribution in [0.4, 0.5) is 0 Å². The Kier molecular flexibility index (Phi) is 6.37. The van der Waals surface area contributed by atoms with E-state index in [1.165, 1.54) is 11.8 Å². The molecule has 0 saturated heterocycles. The van der Waals surface area contributed by atoms with Crippen LogP contribution in [0, 0.1) is 0 Å². The van der Waals surface area contributed by atoms with E-state index in [0.717, 1.165) is 5.75 Å². The molecule has 0 amide bonds. The van der Waals surface area contributed by atoms with Crippen LogP contribution in [0.3, 0.4) is 0 Å². The molecule has 0 unspecified atom stereocenters. The van der Waals surface area contributed by atoms with E-state index >= 15 is 0 Å². The van der Waals surface area contributed by atoms with E-state index in [0.29, 0.717) is 5.75 Å². The second-order valence-corrected chi connectivity index (χ2v) is 3.62. The average molecular weight is 194 g/mol. The van der Waals surface area contributed by atoms with E-state index in [1.54, 1.807) is 0 Å². The molecular formula is C7H14O4S. The summed E-state index contributed by atoms with van der Waals surface area (Å²) in [5.41, 5.74) is 0. The Labute approximate surface area is 75.6 Å². The molecule has 12 heavy (non-hydrogen) atoms. The molecule has 0 aromatic carbocycles. The highest BCUT2D eigenvalue weighted by atomic mass is 32.2. The minimum absolute atomic E-state index is 0.309. The van der Waals surface area contributed by atoms with Gasteiger partial charge in [-0.3, -0.25) is 4.79 Å². The Hall–Kier alpha value is -0.100. The van der Waals surface area contributed by atoms with Gasteiger partial charge in [0.2, 0.25) is 0 Å². The van der Waals surface area contributed by atoms with Gasteiger partial charge in [-0.25, -0.2) is 0 Å². The summed E-state index contributed by atoms with van der Waals surface area (Å²) in [6, 6.07) is 0. The molecule has 0 saturated carbocycles. The average Bonchev–Trinajstić information content (AvgIpc) is 2.11. The number of aliphatic hydroxyl groups excluding tert-OH is 3. The highest BCUT2D eigenvalue weighted by Gasteiger charge is 2.22. The van der Waals surface area contributed by atoms with Crippen molar-refractivity contribution in [2.45, 2.75) is 19.1 Å². The van der Waals surface area contributed by atoms with Gasteiger partial charge in [0.15, 0.2) is 5.78 Å². The van der Waals surface area contributed by atoms with Gasteiger partial charge < -0.3 is 15.3 Å². The van der Waals surface area contributed by atoms with Crippen LogP contribution in [-0.2, 0) is 4.79 Å². The van der Waals surface area contributed by atoms with E-state index in [9.17, 15) is 4.79 Å². The lowest BCUT2D eigenvalue weighted by atomic mass is 10.1.